The Morgan fingerprint density at radius 3 is 2.75 bits per heavy atom. The predicted molar refractivity (Wildman–Crippen MR) is 94.2 cm³/mol. The van der Waals surface area contributed by atoms with Gasteiger partial charge in [0.2, 0.25) is 5.82 Å². The molecule has 0 unspecified atom stereocenters. The highest BCUT2D eigenvalue weighted by atomic mass is 16.2. The lowest BCUT2D eigenvalue weighted by molar-refractivity contribution is 0.0780. The molecule has 2 aromatic rings. The van der Waals surface area contributed by atoms with Gasteiger partial charge in [-0.15, -0.1) is 0 Å². The van der Waals surface area contributed by atoms with E-state index in [4.69, 9.17) is 0 Å². The first-order chi connectivity index (χ1) is 11.5. The molecule has 6 nitrogen and oxygen atoms in total. The first-order valence-electron chi connectivity index (χ1n) is 8.46. The van der Waals surface area contributed by atoms with Crippen molar-refractivity contribution in [2.24, 2.45) is 5.92 Å². The molecular formula is C18H26N4O2. The van der Waals surface area contributed by atoms with Gasteiger partial charge in [-0.2, -0.15) is 0 Å². The van der Waals surface area contributed by atoms with E-state index in [2.05, 4.69) is 17.2 Å². The molecule has 130 valence electrons. The largest absolute Gasteiger partial charge is 0.350 e. The average Bonchev–Trinajstić information content (AvgIpc) is 2.96. The van der Waals surface area contributed by atoms with Crippen molar-refractivity contribution in [3.05, 3.63) is 35.9 Å². The molecule has 0 saturated carbocycles. The smallest absolute Gasteiger partial charge is 0.289 e. The van der Waals surface area contributed by atoms with Crippen molar-refractivity contribution in [1.29, 1.82) is 0 Å². The average molecular weight is 330 g/mol. The standard InChI is InChI=1S/C18H26N4O2/c1-5-6-10-21(4)18(24)16-20-15(17(23)19-12-13(2)3)14-9-7-8-11-22(14)16/h7-9,11,13H,5-6,10,12H2,1-4H3,(H,19,23). The summed E-state index contributed by atoms with van der Waals surface area (Å²) in [6.07, 6.45) is 3.72. The number of pyridine rings is 1. The monoisotopic (exact) mass is 330 g/mol. The number of imidazole rings is 1. The minimum atomic E-state index is -0.248. The molecule has 2 amide bonds. The highest BCUT2D eigenvalue weighted by molar-refractivity contribution is 6.02. The lowest BCUT2D eigenvalue weighted by atomic mass is 10.2. The maximum atomic E-state index is 12.7. The van der Waals surface area contributed by atoms with Crippen LogP contribution in [0.1, 0.15) is 54.7 Å². The predicted octanol–water partition coefficient (Wildman–Crippen LogP) is 2.59. The van der Waals surface area contributed by atoms with Crippen LogP contribution in [-0.4, -0.2) is 46.2 Å². The third kappa shape index (κ3) is 3.93. The fourth-order valence-electron chi connectivity index (χ4n) is 2.40. The Bertz CT molecular complexity index is 721. The summed E-state index contributed by atoms with van der Waals surface area (Å²) in [5, 5.41) is 2.87. The van der Waals surface area contributed by atoms with E-state index in [1.54, 1.807) is 28.6 Å². The van der Waals surface area contributed by atoms with Crippen molar-refractivity contribution in [2.45, 2.75) is 33.6 Å². The van der Waals surface area contributed by atoms with Gasteiger partial charge in [0.25, 0.3) is 11.8 Å². The summed E-state index contributed by atoms with van der Waals surface area (Å²) >= 11 is 0. The lowest BCUT2D eigenvalue weighted by Crippen LogP contribution is -2.30. The molecule has 0 aliphatic rings. The summed E-state index contributed by atoms with van der Waals surface area (Å²) in [5.41, 5.74) is 0.939. The van der Waals surface area contributed by atoms with E-state index in [9.17, 15) is 9.59 Å². The first kappa shape index (κ1) is 18.0. The maximum Gasteiger partial charge on any atom is 0.289 e. The Labute approximate surface area is 142 Å². The van der Waals surface area contributed by atoms with Crippen LogP contribution < -0.4 is 5.32 Å². The van der Waals surface area contributed by atoms with Gasteiger partial charge in [-0.3, -0.25) is 14.0 Å². The van der Waals surface area contributed by atoms with Gasteiger partial charge < -0.3 is 10.2 Å². The molecule has 0 fully saturated rings. The minimum absolute atomic E-state index is 0.174. The summed E-state index contributed by atoms with van der Waals surface area (Å²) in [6.45, 7) is 7.39. The van der Waals surface area contributed by atoms with Crippen LogP contribution in [0.5, 0.6) is 0 Å². The molecule has 1 N–H and O–H groups in total. The Morgan fingerprint density at radius 2 is 2.08 bits per heavy atom. The second kappa shape index (κ2) is 7.95. The van der Waals surface area contributed by atoms with Crippen LogP contribution in [0.4, 0.5) is 0 Å². The second-order valence-electron chi connectivity index (χ2n) is 6.42. The van der Waals surface area contributed by atoms with Crippen LogP contribution in [0.2, 0.25) is 0 Å². The highest BCUT2D eigenvalue weighted by Crippen LogP contribution is 2.15. The summed E-state index contributed by atoms with van der Waals surface area (Å²) in [4.78, 5) is 31.1. The molecule has 2 heterocycles. The summed E-state index contributed by atoms with van der Waals surface area (Å²) in [6, 6.07) is 5.47. The van der Waals surface area contributed by atoms with Crippen LogP contribution in [0.15, 0.2) is 24.4 Å². The molecule has 0 aliphatic heterocycles. The van der Waals surface area contributed by atoms with Crippen molar-refractivity contribution in [1.82, 2.24) is 19.6 Å². The summed E-state index contributed by atoms with van der Waals surface area (Å²) in [7, 11) is 1.76. The molecule has 0 spiro atoms. The number of carbonyl (C=O) groups excluding carboxylic acids is 2. The van der Waals surface area contributed by atoms with Crippen molar-refractivity contribution in [3.8, 4) is 0 Å². The molecule has 0 radical (unpaired) electrons. The van der Waals surface area contributed by atoms with E-state index in [-0.39, 0.29) is 17.6 Å². The number of nitrogens with zero attached hydrogens (tertiary/aromatic N) is 3. The Morgan fingerprint density at radius 1 is 1.33 bits per heavy atom. The van der Waals surface area contributed by atoms with Crippen molar-refractivity contribution < 1.29 is 9.59 Å². The highest BCUT2D eigenvalue weighted by Gasteiger charge is 2.23. The van der Waals surface area contributed by atoms with Crippen LogP contribution in [0, 0.1) is 5.92 Å². The third-order valence-corrected chi connectivity index (χ3v) is 3.82. The lowest BCUT2D eigenvalue weighted by Gasteiger charge is -2.15. The first-order valence-corrected chi connectivity index (χ1v) is 8.46. The molecule has 0 saturated heterocycles. The van der Waals surface area contributed by atoms with Gasteiger partial charge >= 0.3 is 0 Å². The zero-order valence-corrected chi connectivity index (χ0v) is 14.9. The van der Waals surface area contributed by atoms with Gasteiger partial charge in [0.05, 0.1) is 5.52 Å². The number of rotatable bonds is 7. The molecule has 0 aliphatic carbocycles. The molecule has 2 rings (SSSR count). The maximum absolute atomic E-state index is 12.7. The fraction of sp³-hybridized carbons (Fsp3) is 0.500. The van der Waals surface area contributed by atoms with E-state index < -0.39 is 0 Å². The van der Waals surface area contributed by atoms with E-state index in [1.807, 2.05) is 26.0 Å². The number of aromatic nitrogens is 2. The molecule has 0 atom stereocenters. The second-order valence-corrected chi connectivity index (χ2v) is 6.42. The van der Waals surface area contributed by atoms with Crippen molar-refractivity contribution in [2.75, 3.05) is 20.1 Å². The number of unbranched alkanes of at least 4 members (excludes halogenated alkanes) is 1. The van der Waals surface area contributed by atoms with Crippen LogP contribution >= 0.6 is 0 Å². The minimum Gasteiger partial charge on any atom is -0.350 e. The third-order valence-electron chi connectivity index (χ3n) is 3.82. The number of nitrogens with one attached hydrogen (secondary N) is 1. The van der Waals surface area contributed by atoms with Gasteiger partial charge in [0.15, 0.2) is 5.69 Å². The summed E-state index contributed by atoms with van der Waals surface area (Å²) in [5.74, 6) is 0.207. The fourth-order valence-corrected chi connectivity index (χ4v) is 2.40. The van der Waals surface area contributed by atoms with Crippen molar-refractivity contribution >= 4 is 17.3 Å². The topological polar surface area (TPSA) is 66.7 Å². The van der Waals surface area contributed by atoms with Crippen molar-refractivity contribution in [3.63, 3.8) is 0 Å². The van der Waals surface area contributed by atoms with E-state index in [1.165, 1.54) is 0 Å². The van der Waals surface area contributed by atoms with Gasteiger partial charge in [-0.25, -0.2) is 4.98 Å². The molecule has 0 bridgehead atoms. The Kier molecular flexibility index (Phi) is 5.95. The normalized spacial score (nSPS) is 11.0. The zero-order chi connectivity index (χ0) is 17.7. The molecule has 2 aromatic heterocycles. The quantitative estimate of drug-likeness (QED) is 0.848. The van der Waals surface area contributed by atoms with Crippen LogP contribution in [0.3, 0.4) is 0 Å². The SMILES string of the molecule is CCCCN(C)C(=O)c1nc(C(=O)NCC(C)C)c2ccccn12. The number of amides is 2. The number of carbonyl (C=O) groups is 2. The van der Waals surface area contributed by atoms with E-state index in [0.717, 1.165) is 12.8 Å². The Hall–Kier alpha value is -2.37. The Balaban J connectivity index is 2.35. The number of fused-ring (bicyclic) bond motifs is 1. The van der Waals surface area contributed by atoms with Crippen LogP contribution in [0.25, 0.3) is 5.52 Å². The summed E-state index contributed by atoms with van der Waals surface area (Å²) < 4.78 is 1.69. The molecule has 6 heteroatoms. The van der Waals surface area contributed by atoms with Crippen LogP contribution in [-0.2, 0) is 0 Å². The molecule has 24 heavy (non-hydrogen) atoms. The number of hydrogen-bond acceptors (Lipinski definition) is 3. The van der Waals surface area contributed by atoms with E-state index >= 15 is 0 Å². The molecular weight excluding hydrogens is 304 g/mol. The van der Waals surface area contributed by atoms with Gasteiger partial charge in [0, 0.05) is 26.3 Å². The molecule has 0 aromatic carbocycles. The zero-order valence-electron chi connectivity index (χ0n) is 14.9. The van der Waals surface area contributed by atoms with Gasteiger partial charge in [-0.05, 0) is 24.5 Å². The van der Waals surface area contributed by atoms with Gasteiger partial charge in [0.1, 0.15) is 0 Å². The van der Waals surface area contributed by atoms with E-state index in [0.29, 0.717) is 30.2 Å². The number of hydrogen-bond donors (Lipinski definition) is 1. The van der Waals surface area contributed by atoms with Gasteiger partial charge in [-0.1, -0.05) is 33.3 Å².